The number of hydrogen-bond donors (Lipinski definition) is 3. The Morgan fingerprint density at radius 1 is 1.19 bits per heavy atom. The van der Waals surface area contributed by atoms with Crippen LogP contribution in [0.2, 0.25) is 0 Å². The smallest absolute Gasteiger partial charge is 0.475 e. The van der Waals surface area contributed by atoms with E-state index in [1.54, 1.807) is 11.8 Å². The summed E-state index contributed by atoms with van der Waals surface area (Å²) < 4.78 is 62.3. The summed E-state index contributed by atoms with van der Waals surface area (Å²) in [5.41, 5.74) is 8.77. The molecule has 9 nitrogen and oxygen atoms in total. The van der Waals surface area contributed by atoms with Gasteiger partial charge in [0.1, 0.15) is 6.10 Å². The zero-order chi connectivity index (χ0) is 24.5. The summed E-state index contributed by atoms with van der Waals surface area (Å²) in [6, 6.07) is 0. The van der Waals surface area contributed by atoms with E-state index in [4.69, 9.17) is 26.1 Å². The number of ether oxygens (including phenoxy) is 1. The van der Waals surface area contributed by atoms with Crippen LogP contribution < -0.4 is 11.5 Å². The van der Waals surface area contributed by atoms with E-state index in [0.717, 1.165) is 5.75 Å². The Bertz CT molecular complexity index is 720. The Labute approximate surface area is 183 Å². The van der Waals surface area contributed by atoms with Crippen molar-refractivity contribution in [2.24, 2.45) is 11.5 Å². The lowest BCUT2D eigenvalue weighted by molar-refractivity contribution is -0.192. The van der Waals surface area contributed by atoms with Crippen LogP contribution in [0.1, 0.15) is 46.0 Å². The second-order valence-electron chi connectivity index (χ2n) is 7.04. The van der Waals surface area contributed by atoms with Crippen molar-refractivity contribution in [1.29, 1.82) is 0 Å². The maximum absolute atomic E-state index is 12.7. The zero-order valence-corrected chi connectivity index (χ0v) is 18.9. The zero-order valence-electron chi connectivity index (χ0n) is 17.3. The summed E-state index contributed by atoms with van der Waals surface area (Å²) in [6.45, 7) is 3.77. The number of aliphatic carboxylic acids is 1. The van der Waals surface area contributed by atoms with Gasteiger partial charge in [0.05, 0.1) is 11.0 Å². The average molecular weight is 495 g/mol. The third kappa shape index (κ3) is 9.64. The van der Waals surface area contributed by atoms with Crippen LogP contribution in [0.5, 0.6) is 0 Å². The van der Waals surface area contributed by atoms with Gasteiger partial charge < -0.3 is 21.3 Å². The molecule has 182 valence electrons. The van der Waals surface area contributed by atoms with Crippen LogP contribution in [-0.2, 0) is 29.0 Å². The number of primary amides is 1. The number of hydrogen-bond acceptors (Lipinski definition) is 8. The summed E-state index contributed by atoms with van der Waals surface area (Å²) in [5.74, 6) is -4.32. The second-order valence-corrected chi connectivity index (χ2v) is 10.5. The molecule has 1 unspecified atom stereocenters. The number of nitrogens with two attached hydrogens (primary N) is 2. The number of esters is 1. The number of halogens is 3. The van der Waals surface area contributed by atoms with E-state index in [-0.39, 0.29) is 6.10 Å². The highest BCUT2D eigenvalue weighted by molar-refractivity contribution is 7.99. The SMILES string of the molecule is CCCC(CCC)S(=O)(=O)CC(N)(C(N)=O)C(=O)O[C@H]1CCSC1.O=C(O)C(F)(F)F. The van der Waals surface area contributed by atoms with Crippen molar-refractivity contribution in [3.05, 3.63) is 0 Å². The molecule has 1 aliphatic rings. The number of rotatable bonds is 10. The van der Waals surface area contributed by atoms with Gasteiger partial charge in [0.25, 0.3) is 0 Å². The third-order valence-corrected chi connectivity index (χ3v) is 7.84. The molecule has 2 atom stereocenters. The van der Waals surface area contributed by atoms with Gasteiger partial charge in [-0.2, -0.15) is 24.9 Å². The largest absolute Gasteiger partial charge is 0.490 e. The number of carbonyl (C=O) groups is 3. The number of thioether (sulfide) groups is 1. The van der Waals surface area contributed by atoms with Crippen molar-refractivity contribution in [2.75, 3.05) is 17.3 Å². The quantitative estimate of drug-likeness (QED) is 0.299. The molecule has 1 aliphatic heterocycles. The molecule has 31 heavy (non-hydrogen) atoms. The minimum atomic E-state index is -5.08. The van der Waals surface area contributed by atoms with Crippen molar-refractivity contribution >= 4 is 39.4 Å². The van der Waals surface area contributed by atoms with Gasteiger partial charge in [-0.1, -0.05) is 26.7 Å². The fourth-order valence-corrected chi connectivity index (χ4v) is 6.09. The third-order valence-electron chi connectivity index (χ3n) is 4.37. The minimum Gasteiger partial charge on any atom is -0.475 e. The summed E-state index contributed by atoms with van der Waals surface area (Å²) in [7, 11) is -3.76. The van der Waals surface area contributed by atoms with Gasteiger partial charge in [-0.05, 0) is 25.0 Å². The van der Waals surface area contributed by atoms with E-state index >= 15 is 0 Å². The molecule has 0 radical (unpaired) electrons. The van der Waals surface area contributed by atoms with Crippen LogP contribution in [0.25, 0.3) is 0 Å². The number of carbonyl (C=O) groups excluding carboxylic acids is 2. The molecular formula is C17H29F3N2O7S2. The van der Waals surface area contributed by atoms with Gasteiger partial charge in [0.15, 0.2) is 9.84 Å². The first-order valence-electron chi connectivity index (χ1n) is 9.51. The van der Waals surface area contributed by atoms with Crippen LogP contribution in [0, 0.1) is 0 Å². The number of amides is 1. The highest BCUT2D eigenvalue weighted by Crippen LogP contribution is 2.24. The number of sulfone groups is 1. The fourth-order valence-electron chi connectivity index (χ4n) is 2.68. The normalized spacial score (nSPS) is 18.6. The van der Waals surface area contributed by atoms with Gasteiger partial charge in [-0.15, -0.1) is 0 Å². The topological polar surface area (TPSA) is 167 Å². The molecule has 14 heteroatoms. The van der Waals surface area contributed by atoms with Crippen molar-refractivity contribution in [3.8, 4) is 0 Å². The van der Waals surface area contributed by atoms with Crippen LogP contribution in [0.15, 0.2) is 0 Å². The predicted octanol–water partition coefficient (Wildman–Crippen LogP) is 1.23. The van der Waals surface area contributed by atoms with E-state index < -0.39 is 50.4 Å². The number of carboxylic acids is 1. The molecule has 0 aromatic rings. The lowest BCUT2D eigenvalue weighted by Gasteiger charge is -2.27. The van der Waals surface area contributed by atoms with Crippen molar-refractivity contribution in [3.63, 3.8) is 0 Å². The fraction of sp³-hybridized carbons (Fsp3) is 0.824. The molecule has 1 rings (SSSR count). The van der Waals surface area contributed by atoms with Crippen LogP contribution >= 0.6 is 11.8 Å². The van der Waals surface area contributed by atoms with E-state index in [9.17, 15) is 31.2 Å². The predicted molar refractivity (Wildman–Crippen MR) is 109 cm³/mol. The molecule has 0 bridgehead atoms. The summed E-state index contributed by atoms with van der Waals surface area (Å²) in [5, 5.41) is 6.49. The highest BCUT2D eigenvalue weighted by atomic mass is 32.2. The maximum Gasteiger partial charge on any atom is 0.490 e. The maximum atomic E-state index is 12.7. The van der Waals surface area contributed by atoms with Gasteiger partial charge in [0, 0.05) is 5.75 Å². The first kappa shape index (κ1) is 29.5. The monoisotopic (exact) mass is 494 g/mol. The molecule has 1 fully saturated rings. The highest BCUT2D eigenvalue weighted by Gasteiger charge is 2.48. The second kappa shape index (κ2) is 12.5. The summed E-state index contributed by atoms with van der Waals surface area (Å²) >= 11 is 1.62. The minimum absolute atomic E-state index is 0.352. The molecule has 1 amide bonds. The number of carboxylic acid groups (broad SMARTS) is 1. The van der Waals surface area contributed by atoms with Gasteiger partial charge in [-0.3, -0.25) is 4.79 Å². The molecule has 0 aliphatic carbocycles. The number of alkyl halides is 3. The first-order chi connectivity index (χ1) is 14.1. The average Bonchev–Trinajstić information content (AvgIpc) is 3.13. The van der Waals surface area contributed by atoms with E-state index in [1.807, 2.05) is 13.8 Å². The van der Waals surface area contributed by atoms with E-state index in [2.05, 4.69) is 0 Å². The molecule has 0 spiro atoms. The summed E-state index contributed by atoms with van der Waals surface area (Å²) in [4.78, 5) is 33.0. The molecule has 5 N–H and O–H groups in total. The molecular weight excluding hydrogens is 465 g/mol. The van der Waals surface area contributed by atoms with Crippen molar-refractivity contribution < 1.29 is 45.8 Å². The Morgan fingerprint density at radius 3 is 2.00 bits per heavy atom. The van der Waals surface area contributed by atoms with E-state index in [1.165, 1.54) is 0 Å². The molecule has 1 saturated heterocycles. The Hall–Kier alpha value is -1.54. The Kier molecular flexibility index (Phi) is 11.9. The molecule has 0 aromatic carbocycles. The van der Waals surface area contributed by atoms with Gasteiger partial charge >= 0.3 is 18.1 Å². The van der Waals surface area contributed by atoms with Crippen LogP contribution in [0.3, 0.4) is 0 Å². The van der Waals surface area contributed by atoms with Crippen molar-refractivity contribution in [2.45, 2.75) is 69.0 Å². The van der Waals surface area contributed by atoms with Crippen LogP contribution in [0.4, 0.5) is 13.2 Å². The van der Waals surface area contributed by atoms with Gasteiger partial charge in [0.2, 0.25) is 11.4 Å². The lowest BCUT2D eigenvalue weighted by atomic mass is 10.0. The lowest BCUT2D eigenvalue weighted by Crippen LogP contribution is -2.64. The van der Waals surface area contributed by atoms with Crippen LogP contribution in [-0.4, -0.2) is 71.7 Å². The molecule has 0 aromatic heterocycles. The van der Waals surface area contributed by atoms with Gasteiger partial charge in [-0.25, -0.2) is 18.0 Å². The summed E-state index contributed by atoms with van der Waals surface area (Å²) in [6.07, 6.45) is -2.50. The van der Waals surface area contributed by atoms with Crippen molar-refractivity contribution in [1.82, 2.24) is 0 Å². The Balaban J connectivity index is 0.00000110. The standard InChI is InChI=1S/C15H28N2O5S2.C2HF3O2/c1-3-5-12(6-4-2)24(20,21)10-15(17,13(16)18)14(19)22-11-7-8-23-9-11;3-2(4,5)1(6)7/h11-12H,3-10,17H2,1-2H3,(H2,16,18);(H,6,7)/t11-,15?;/m0./s1. The molecule has 0 saturated carbocycles. The Morgan fingerprint density at radius 2 is 1.68 bits per heavy atom. The first-order valence-corrected chi connectivity index (χ1v) is 12.4. The molecule has 1 heterocycles. The van der Waals surface area contributed by atoms with E-state index in [0.29, 0.717) is 37.9 Å².